The first-order valence-electron chi connectivity index (χ1n) is 9.91. The number of hydrazone groups is 1. The molecule has 31 heavy (non-hydrogen) atoms. The smallest absolute Gasteiger partial charge is 0.277 e. The largest absolute Gasteiger partial charge is 0.496 e. The number of carbonyl (C=O) groups excluding carboxylic acids is 1. The minimum Gasteiger partial charge on any atom is -0.496 e. The molecular weight excluding hydrogens is 388 g/mol. The lowest BCUT2D eigenvalue weighted by Crippen LogP contribution is -2.24. The standard InChI is InChI=1S/C26H22N2O3/c1-30-24-16-15-20-11-5-6-12-21(20)23(24)17-27-28-26(29)18-31-25-14-8-7-13-22(25)19-9-3-2-4-10-19/h2-17H,18H2,1H3,(H,28,29). The first kappa shape index (κ1) is 20.2. The average molecular weight is 410 g/mol. The molecule has 0 unspecified atom stereocenters. The Morgan fingerprint density at radius 1 is 0.871 bits per heavy atom. The van der Waals surface area contributed by atoms with Gasteiger partial charge >= 0.3 is 0 Å². The normalized spacial score (nSPS) is 10.9. The highest BCUT2D eigenvalue weighted by molar-refractivity contribution is 6.02. The van der Waals surface area contributed by atoms with Gasteiger partial charge in [0, 0.05) is 11.1 Å². The molecule has 0 atom stereocenters. The Labute approximate surface area is 180 Å². The van der Waals surface area contributed by atoms with E-state index in [1.807, 2.05) is 91.0 Å². The van der Waals surface area contributed by atoms with Gasteiger partial charge in [0.25, 0.3) is 5.91 Å². The molecule has 154 valence electrons. The molecule has 0 aliphatic carbocycles. The third-order valence-electron chi connectivity index (χ3n) is 4.86. The van der Waals surface area contributed by atoms with Gasteiger partial charge < -0.3 is 9.47 Å². The quantitative estimate of drug-likeness (QED) is 0.343. The van der Waals surface area contributed by atoms with E-state index < -0.39 is 0 Å². The van der Waals surface area contributed by atoms with Gasteiger partial charge in [-0.15, -0.1) is 0 Å². The molecule has 4 aromatic rings. The van der Waals surface area contributed by atoms with Gasteiger partial charge in [-0.1, -0.05) is 78.9 Å². The van der Waals surface area contributed by atoms with Gasteiger partial charge in [0.05, 0.1) is 13.3 Å². The van der Waals surface area contributed by atoms with Gasteiger partial charge in [0.1, 0.15) is 11.5 Å². The third-order valence-corrected chi connectivity index (χ3v) is 4.86. The maximum absolute atomic E-state index is 12.3. The lowest BCUT2D eigenvalue weighted by atomic mass is 10.0. The van der Waals surface area contributed by atoms with Crippen LogP contribution in [0.15, 0.2) is 96.1 Å². The molecule has 0 radical (unpaired) electrons. The van der Waals surface area contributed by atoms with E-state index in [4.69, 9.17) is 9.47 Å². The van der Waals surface area contributed by atoms with Crippen molar-refractivity contribution >= 4 is 22.9 Å². The number of benzene rings is 4. The zero-order valence-corrected chi connectivity index (χ0v) is 17.1. The van der Waals surface area contributed by atoms with Gasteiger partial charge in [-0.2, -0.15) is 5.10 Å². The van der Waals surface area contributed by atoms with Crippen LogP contribution in [0.4, 0.5) is 0 Å². The van der Waals surface area contributed by atoms with Crippen molar-refractivity contribution in [2.75, 3.05) is 13.7 Å². The molecule has 5 nitrogen and oxygen atoms in total. The highest BCUT2D eigenvalue weighted by Crippen LogP contribution is 2.29. The number of methoxy groups -OCH3 is 1. The Morgan fingerprint density at radius 2 is 1.61 bits per heavy atom. The summed E-state index contributed by atoms with van der Waals surface area (Å²) >= 11 is 0. The summed E-state index contributed by atoms with van der Waals surface area (Å²) in [5, 5.41) is 6.17. The van der Waals surface area contributed by atoms with E-state index in [9.17, 15) is 4.79 Å². The Hall–Kier alpha value is -4.12. The maximum atomic E-state index is 12.3. The zero-order chi connectivity index (χ0) is 21.5. The lowest BCUT2D eigenvalue weighted by Gasteiger charge is -2.11. The number of nitrogens with one attached hydrogen (secondary N) is 1. The molecule has 0 bridgehead atoms. The predicted octanol–water partition coefficient (Wildman–Crippen LogP) is 5.04. The fraction of sp³-hybridized carbons (Fsp3) is 0.0769. The third kappa shape index (κ3) is 4.73. The summed E-state index contributed by atoms with van der Waals surface area (Å²) in [6.45, 7) is -0.145. The molecule has 1 N–H and O–H groups in total. The minimum atomic E-state index is -0.349. The summed E-state index contributed by atoms with van der Waals surface area (Å²) in [5.74, 6) is 0.978. The number of amides is 1. The molecule has 0 aromatic heterocycles. The second-order valence-electron chi connectivity index (χ2n) is 6.85. The van der Waals surface area contributed by atoms with Crippen LogP contribution in [0.1, 0.15) is 5.56 Å². The van der Waals surface area contributed by atoms with Crippen molar-refractivity contribution in [2.24, 2.45) is 5.10 Å². The van der Waals surface area contributed by atoms with Gasteiger partial charge in [-0.3, -0.25) is 4.79 Å². The highest BCUT2D eigenvalue weighted by Gasteiger charge is 2.09. The van der Waals surface area contributed by atoms with Gasteiger partial charge in [-0.25, -0.2) is 5.43 Å². The summed E-state index contributed by atoms with van der Waals surface area (Å²) in [5.41, 5.74) is 5.29. The number of hydrogen-bond acceptors (Lipinski definition) is 4. The Bertz CT molecular complexity index is 1220. The zero-order valence-electron chi connectivity index (χ0n) is 17.1. The summed E-state index contributed by atoms with van der Waals surface area (Å²) in [4.78, 5) is 12.3. The Kier molecular flexibility index (Phi) is 6.24. The Balaban J connectivity index is 1.44. The monoisotopic (exact) mass is 410 g/mol. The van der Waals surface area contributed by atoms with Crippen molar-refractivity contribution in [3.8, 4) is 22.6 Å². The van der Waals surface area contributed by atoms with Crippen molar-refractivity contribution in [1.29, 1.82) is 0 Å². The number of rotatable bonds is 7. The number of fused-ring (bicyclic) bond motifs is 1. The molecule has 4 aromatic carbocycles. The number of hydrogen-bond donors (Lipinski definition) is 1. The van der Waals surface area contributed by atoms with Crippen molar-refractivity contribution < 1.29 is 14.3 Å². The molecule has 0 saturated heterocycles. The van der Waals surface area contributed by atoms with Crippen LogP contribution in [-0.4, -0.2) is 25.8 Å². The van der Waals surface area contributed by atoms with Gasteiger partial charge in [-0.05, 0) is 28.5 Å². The molecule has 0 aliphatic heterocycles. The van der Waals surface area contributed by atoms with E-state index >= 15 is 0 Å². The van der Waals surface area contributed by atoms with Crippen LogP contribution >= 0.6 is 0 Å². The van der Waals surface area contributed by atoms with E-state index in [-0.39, 0.29) is 12.5 Å². The highest BCUT2D eigenvalue weighted by atomic mass is 16.5. The van der Waals surface area contributed by atoms with Crippen molar-refractivity contribution in [3.05, 3.63) is 96.6 Å². The van der Waals surface area contributed by atoms with E-state index in [2.05, 4.69) is 10.5 Å². The topological polar surface area (TPSA) is 59.9 Å². The van der Waals surface area contributed by atoms with Crippen LogP contribution in [-0.2, 0) is 4.79 Å². The van der Waals surface area contributed by atoms with Crippen molar-refractivity contribution in [2.45, 2.75) is 0 Å². The first-order chi connectivity index (χ1) is 15.3. The fourth-order valence-electron chi connectivity index (χ4n) is 3.38. The number of para-hydroxylation sites is 1. The molecule has 1 amide bonds. The van der Waals surface area contributed by atoms with Gasteiger partial charge in [0.2, 0.25) is 0 Å². The molecule has 0 fully saturated rings. The van der Waals surface area contributed by atoms with Crippen LogP contribution in [0.25, 0.3) is 21.9 Å². The van der Waals surface area contributed by atoms with Crippen molar-refractivity contribution in [3.63, 3.8) is 0 Å². The van der Waals surface area contributed by atoms with Gasteiger partial charge in [0.15, 0.2) is 6.61 Å². The number of ether oxygens (including phenoxy) is 2. The molecule has 0 heterocycles. The predicted molar refractivity (Wildman–Crippen MR) is 124 cm³/mol. The summed E-state index contributed by atoms with van der Waals surface area (Å²) < 4.78 is 11.2. The molecule has 5 heteroatoms. The number of nitrogens with zero attached hydrogens (tertiary/aromatic N) is 1. The van der Waals surface area contributed by atoms with Crippen LogP contribution < -0.4 is 14.9 Å². The van der Waals surface area contributed by atoms with Crippen LogP contribution in [0.5, 0.6) is 11.5 Å². The first-order valence-corrected chi connectivity index (χ1v) is 9.91. The molecular formula is C26H22N2O3. The van der Waals surface area contributed by atoms with E-state index in [1.165, 1.54) is 0 Å². The Morgan fingerprint density at radius 3 is 2.45 bits per heavy atom. The average Bonchev–Trinajstić information content (AvgIpc) is 2.83. The van der Waals surface area contributed by atoms with Crippen molar-refractivity contribution in [1.82, 2.24) is 5.43 Å². The summed E-state index contributed by atoms with van der Waals surface area (Å²) in [7, 11) is 1.61. The SMILES string of the molecule is COc1ccc2ccccc2c1C=NNC(=O)COc1ccccc1-c1ccccc1. The fourth-order valence-corrected chi connectivity index (χ4v) is 3.38. The second kappa shape index (κ2) is 9.59. The maximum Gasteiger partial charge on any atom is 0.277 e. The van der Waals surface area contributed by atoms with Crippen LogP contribution in [0, 0.1) is 0 Å². The molecule has 4 rings (SSSR count). The minimum absolute atomic E-state index is 0.145. The van der Waals surface area contributed by atoms with E-state index in [0.717, 1.165) is 27.5 Å². The number of carbonyl (C=O) groups is 1. The lowest BCUT2D eigenvalue weighted by molar-refractivity contribution is -0.123. The molecule has 0 aliphatic rings. The van der Waals surface area contributed by atoms with E-state index in [1.54, 1.807) is 13.3 Å². The van der Waals surface area contributed by atoms with Crippen LogP contribution in [0.2, 0.25) is 0 Å². The van der Waals surface area contributed by atoms with E-state index in [0.29, 0.717) is 11.5 Å². The van der Waals surface area contributed by atoms with Crippen LogP contribution in [0.3, 0.4) is 0 Å². The second-order valence-corrected chi connectivity index (χ2v) is 6.85. The molecule has 0 spiro atoms. The summed E-state index contributed by atoms with van der Waals surface area (Å²) in [6.07, 6.45) is 1.59. The molecule has 0 saturated carbocycles. The summed E-state index contributed by atoms with van der Waals surface area (Å²) in [6, 6.07) is 29.3.